The number of carbonyl (C=O) groups excluding carboxylic acids is 3. The number of aromatic hydroxyl groups is 1. The number of piperazine rings is 1. The van der Waals surface area contributed by atoms with Gasteiger partial charge in [0.15, 0.2) is 0 Å². The van der Waals surface area contributed by atoms with E-state index in [0.717, 1.165) is 11.1 Å². The molecule has 3 N–H and O–H groups in total. The third kappa shape index (κ3) is 7.46. The van der Waals surface area contributed by atoms with Crippen molar-refractivity contribution in [2.75, 3.05) is 38.6 Å². The fourth-order valence-electron chi connectivity index (χ4n) is 4.04. The lowest BCUT2D eigenvalue weighted by molar-refractivity contribution is -0.130. The van der Waals surface area contributed by atoms with Gasteiger partial charge in [0.05, 0.1) is 6.04 Å². The monoisotopic (exact) mass is 486 g/mol. The molecule has 1 unspecified atom stereocenters. The SMILES string of the molecule is CC(=O)N[C@@H](Cc1ccc(O)cc1)C(=O)NC(CN1CCN(C(=O)CCl)CC1)c1ccccc1. The molecule has 1 fully saturated rings. The largest absolute Gasteiger partial charge is 0.508 e. The van der Waals surface area contributed by atoms with Gasteiger partial charge in [-0.25, -0.2) is 0 Å². The third-order valence-electron chi connectivity index (χ3n) is 5.87. The van der Waals surface area contributed by atoms with Gasteiger partial charge < -0.3 is 20.6 Å². The summed E-state index contributed by atoms with van der Waals surface area (Å²) in [5.41, 5.74) is 1.78. The number of rotatable bonds is 9. The first kappa shape index (κ1) is 25.5. The smallest absolute Gasteiger partial charge is 0.243 e. The Labute approximate surface area is 204 Å². The number of phenols is 1. The fourth-order valence-corrected chi connectivity index (χ4v) is 4.21. The van der Waals surface area contributed by atoms with Crippen LogP contribution in [0.2, 0.25) is 0 Å². The van der Waals surface area contributed by atoms with E-state index < -0.39 is 6.04 Å². The van der Waals surface area contributed by atoms with Crippen molar-refractivity contribution in [2.24, 2.45) is 0 Å². The first-order valence-corrected chi connectivity index (χ1v) is 11.9. The van der Waals surface area contributed by atoms with Crippen molar-refractivity contribution in [3.63, 3.8) is 0 Å². The van der Waals surface area contributed by atoms with Crippen molar-refractivity contribution in [1.82, 2.24) is 20.4 Å². The van der Waals surface area contributed by atoms with Crippen LogP contribution in [-0.2, 0) is 20.8 Å². The minimum absolute atomic E-state index is 0.0196. The maximum absolute atomic E-state index is 13.3. The zero-order valence-electron chi connectivity index (χ0n) is 19.2. The van der Waals surface area contributed by atoms with Crippen LogP contribution in [0.15, 0.2) is 54.6 Å². The van der Waals surface area contributed by atoms with E-state index in [1.807, 2.05) is 30.3 Å². The Morgan fingerprint density at radius 3 is 2.21 bits per heavy atom. The lowest BCUT2D eigenvalue weighted by Crippen LogP contribution is -2.53. The van der Waals surface area contributed by atoms with Gasteiger partial charge in [-0.3, -0.25) is 19.3 Å². The number of alkyl halides is 1. The molecule has 3 amide bonds. The van der Waals surface area contributed by atoms with Crippen LogP contribution in [-0.4, -0.2) is 77.3 Å². The Morgan fingerprint density at radius 2 is 1.62 bits per heavy atom. The number of benzene rings is 2. The van der Waals surface area contributed by atoms with E-state index in [0.29, 0.717) is 39.1 Å². The highest BCUT2D eigenvalue weighted by molar-refractivity contribution is 6.27. The quantitative estimate of drug-likeness (QED) is 0.468. The van der Waals surface area contributed by atoms with Gasteiger partial charge in [0.1, 0.15) is 17.7 Å². The van der Waals surface area contributed by atoms with Crippen LogP contribution in [0, 0.1) is 0 Å². The summed E-state index contributed by atoms with van der Waals surface area (Å²) in [6, 6.07) is 15.2. The highest BCUT2D eigenvalue weighted by Gasteiger charge is 2.27. The van der Waals surface area contributed by atoms with Crippen molar-refractivity contribution in [3.8, 4) is 5.75 Å². The molecule has 2 aromatic rings. The van der Waals surface area contributed by atoms with E-state index >= 15 is 0 Å². The van der Waals surface area contributed by atoms with Gasteiger partial charge >= 0.3 is 0 Å². The standard InChI is InChI=1S/C25H31ClN4O4/c1-18(31)27-22(15-19-7-9-21(32)10-8-19)25(34)28-23(20-5-3-2-4-6-20)17-29-11-13-30(14-12-29)24(33)16-26/h2-10,22-23,32H,11-17H2,1H3,(H,27,31)(H,28,34)/t22-,23?/m0/s1. The fraction of sp³-hybridized carbons (Fsp3) is 0.400. The van der Waals surface area contributed by atoms with Gasteiger partial charge in [-0.15, -0.1) is 11.6 Å². The Kier molecular flexibility index (Phi) is 9.30. The highest BCUT2D eigenvalue weighted by Crippen LogP contribution is 2.17. The number of nitrogens with one attached hydrogen (secondary N) is 2. The summed E-state index contributed by atoms with van der Waals surface area (Å²) >= 11 is 5.68. The third-order valence-corrected chi connectivity index (χ3v) is 6.10. The summed E-state index contributed by atoms with van der Waals surface area (Å²) in [6.07, 6.45) is 0.298. The summed E-state index contributed by atoms with van der Waals surface area (Å²) in [7, 11) is 0. The van der Waals surface area contributed by atoms with E-state index in [1.54, 1.807) is 29.2 Å². The number of amides is 3. The van der Waals surface area contributed by atoms with Crippen LogP contribution in [0.1, 0.15) is 24.1 Å². The summed E-state index contributed by atoms with van der Waals surface area (Å²) in [5.74, 6) is -0.528. The molecule has 0 spiro atoms. The molecule has 34 heavy (non-hydrogen) atoms. The second-order valence-electron chi connectivity index (χ2n) is 8.41. The Bertz CT molecular complexity index is 963. The molecule has 2 atom stereocenters. The molecular weight excluding hydrogens is 456 g/mol. The minimum atomic E-state index is -0.758. The van der Waals surface area contributed by atoms with E-state index in [9.17, 15) is 19.5 Å². The van der Waals surface area contributed by atoms with Gasteiger partial charge in [-0.1, -0.05) is 42.5 Å². The lowest BCUT2D eigenvalue weighted by atomic mass is 10.0. The zero-order chi connectivity index (χ0) is 24.5. The molecule has 0 aromatic heterocycles. The van der Waals surface area contributed by atoms with Crippen molar-refractivity contribution in [3.05, 3.63) is 65.7 Å². The number of hydrogen-bond acceptors (Lipinski definition) is 5. The maximum atomic E-state index is 13.3. The Morgan fingerprint density at radius 1 is 0.971 bits per heavy atom. The van der Waals surface area contributed by atoms with Crippen LogP contribution in [0.5, 0.6) is 5.75 Å². The van der Waals surface area contributed by atoms with Crippen LogP contribution in [0.3, 0.4) is 0 Å². The number of phenolic OH excluding ortho intramolecular Hbond substituents is 1. The molecule has 0 bridgehead atoms. The normalized spacial score (nSPS) is 15.9. The predicted octanol–water partition coefficient (Wildman–Crippen LogP) is 1.68. The number of halogens is 1. The zero-order valence-corrected chi connectivity index (χ0v) is 20.0. The molecule has 0 saturated carbocycles. The summed E-state index contributed by atoms with van der Waals surface area (Å²) in [6.45, 7) is 4.51. The average molecular weight is 487 g/mol. The Hall–Kier alpha value is -3.10. The molecule has 2 aromatic carbocycles. The van der Waals surface area contributed by atoms with Crippen molar-refractivity contribution in [1.29, 1.82) is 0 Å². The highest BCUT2D eigenvalue weighted by atomic mass is 35.5. The minimum Gasteiger partial charge on any atom is -0.508 e. The Balaban J connectivity index is 1.71. The van der Waals surface area contributed by atoms with E-state index in [4.69, 9.17) is 11.6 Å². The van der Waals surface area contributed by atoms with Crippen molar-refractivity contribution >= 4 is 29.3 Å². The van der Waals surface area contributed by atoms with Crippen LogP contribution < -0.4 is 10.6 Å². The maximum Gasteiger partial charge on any atom is 0.243 e. The molecule has 182 valence electrons. The lowest BCUT2D eigenvalue weighted by Gasteiger charge is -2.36. The molecule has 0 aliphatic carbocycles. The second-order valence-corrected chi connectivity index (χ2v) is 8.68. The molecule has 1 aliphatic rings. The summed E-state index contributed by atoms with van der Waals surface area (Å²) in [5, 5.41) is 15.4. The number of carbonyl (C=O) groups is 3. The molecule has 0 radical (unpaired) electrons. The summed E-state index contributed by atoms with van der Waals surface area (Å²) in [4.78, 5) is 40.9. The first-order chi connectivity index (χ1) is 16.4. The van der Waals surface area contributed by atoms with Gasteiger partial charge in [-0.2, -0.15) is 0 Å². The molecule has 3 rings (SSSR count). The number of nitrogens with zero attached hydrogens (tertiary/aromatic N) is 2. The van der Waals surface area contributed by atoms with Crippen LogP contribution in [0.25, 0.3) is 0 Å². The van der Waals surface area contributed by atoms with Crippen molar-refractivity contribution < 1.29 is 19.5 Å². The van der Waals surface area contributed by atoms with Gasteiger partial charge in [-0.05, 0) is 23.3 Å². The first-order valence-electron chi connectivity index (χ1n) is 11.3. The summed E-state index contributed by atoms with van der Waals surface area (Å²) < 4.78 is 0. The predicted molar refractivity (Wildman–Crippen MR) is 130 cm³/mol. The van der Waals surface area contributed by atoms with Crippen LogP contribution >= 0.6 is 11.6 Å². The van der Waals surface area contributed by atoms with E-state index in [-0.39, 0.29) is 35.4 Å². The topological polar surface area (TPSA) is 102 Å². The van der Waals surface area contributed by atoms with E-state index in [2.05, 4.69) is 15.5 Å². The van der Waals surface area contributed by atoms with Crippen LogP contribution in [0.4, 0.5) is 0 Å². The average Bonchev–Trinajstić information content (AvgIpc) is 2.84. The van der Waals surface area contributed by atoms with Gasteiger partial charge in [0.2, 0.25) is 17.7 Å². The number of hydrogen-bond donors (Lipinski definition) is 3. The molecular formula is C25H31ClN4O4. The molecule has 1 heterocycles. The van der Waals surface area contributed by atoms with Crippen molar-refractivity contribution in [2.45, 2.75) is 25.4 Å². The van der Waals surface area contributed by atoms with E-state index in [1.165, 1.54) is 6.92 Å². The second kappa shape index (κ2) is 12.4. The van der Waals surface area contributed by atoms with Gasteiger partial charge in [0, 0.05) is 46.1 Å². The molecule has 1 saturated heterocycles. The molecule has 9 heteroatoms. The molecule has 1 aliphatic heterocycles. The van der Waals surface area contributed by atoms with Gasteiger partial charge in [0.25, 0.3) is 0 Å². The molecule has 8 nitrogen and oxygen atoms in total.